The molecule has 0 aliphatic carbocycles. The van der Waals surface area contributed by atoms with E-state index < -0.39 is 44.2 Å². The lowest BCUT2D eigenvalue weighted by Gasteiger charge is -2.32. The maximum absolute atomic E-state index is 11.8. The van der Waals surface area contributed by atoms with E-state index in [9.17, 15) is 45.5 Å². The van der Waals surface area contributed by atoms with Gasteiger partial charge in [-0.05, 0) is 0 Å². The van der Waals surface area contributed by atoms with Crippen LogP contribution in [0.1, 0.15) is 12.8 Å². The predicted octanol–water partition coefficient (Wildman–Crippen LogP) is 0.948. The van der Waals surface area contributed by atoms with Gasteiger partial charge >= 0.3 is 12.4 Å². The number of carbonyl (C=O) groups excluding carboxylic acids is 1. The van der Waals surface area contributed by atoms with Crippen LogP contribution in [0, 0.1) is 5.92 Å². The summed E-state index contributed by atoms with van der Waals surface area (Å²) in [5.41, 5.74) is -2.58. The van der Waals surface area contributed by atoms with E-state index in [2.05, 4.69) is 0 Å². The van der Waals surface area contributed by atoms with Crippen molar-refractivity contribution in [2.45, 2.75) is 25.2 Å². The average Bonchev–Trinajstić information content (AvgIpc) is 1.94. The number of rotatable bonds is 4. The van der Waals surface area contributed by atoms with Crippen LogP contribution in [-0.2, 0) is 9.36 Å². The second kappa shape index (κ2) is 4.95. The van der Waals surface area contributed by atoms with Gasteiger partial charge in [0, 0.05) is 13.5 Å². The molecule has 0 aromatic rings. The van der Waals surface area contributed by atoms with Gasteiger partial charge in [0.25, 0.3) is 0 Å². The molecule has 4 nitrogen and oxygen atoms in total. The van der Waals surface area contributed by atoms with Crippen molar-refractivity contribution in [2.24, 2.45) is 5.92 Å². The van der Waals surface area contributed by atoms with Crippen LogP contribution < -0.4 is 9.79 Å². The van der Waals surface area contributed by atoms with E-state index in [1.807, 2.05) is 0 Å². The van der Waals surface area contributed by atoms with Crippen LogP contribution >= 0.6 is 7.60 Å². The minimum atomic E-state index is -6.12. The molecule has 0 spiro atoms. The van der Waals surface area contributed by atoms with Gasteiger partial charge in [0.05, 0.1) is 12.8 Å². The van der Waals surface area contributed by atoms with Gasteiger partial charge in [-0.1, -0.05) is 0 Å². The number of halogens is 6. The molecule has 0 aromatic carbocycles. The van der Waals surface area contributed by atoms with Crippen LogP contribution in [0.4, 0.5) is 26.3 Å². The van der Waals surface area contributed by atoms with E-state index in [0.29, 0.717) is 0 Å². The van der Waals surface area contributed by atoms with Gasteiger partial charge < -0.3 is 14.4 Å². The lowest BCUT2D eigenvalue weighted by Crippen LogP contribution is -2.33. The first-order chi connectivity index (χ1) is 7.22. The summed E-state index contributed by atoms with van der Waals surface area (Å²) in [4.78, 5) is 30.9. The summed E-state index contributed by atoms with van der Waals surface area (Å²) in [5, 5.41) is 0. The quantitative estimate of drug-likeness (QED) is 0.569. The second-order valence-electron chi connectivity index (χ2n) is 3.17. The molecule has 0 saturated heterocycles. The summed E-state index contributed by atoms with van der Waals surface area (Å²) in [6.07, 6.45) is -15.0. The Kier molecular flexibility index (Phi) is 4.77. The van der Waals surface area contributed by atoms with E-state index in [4.69, 9.17) is 0 Å². The molecule has 0 radical (unpaired) electrons. The minimum Gasteiger partial charge on any atom is -0.805 e. The Morgan fingerprint density at radius 2 is 1.29 bits per heavy atom. The van der Waals surface area contributed by atoms with Gasteiger partial charge in [-0.2, -0.15) is 26.3 Å². The number of hydrogen-bond donors (Lipinski definition) is 0. The molecule has 0 amide bonds. The highest BCUT2D eigenvalue weighted by molar-refractivity contribution is 7.67. The molecule has 0 bridgehead atoms. The van der Waals surface area contributed by atoms with Crippen LogP contribution in [-0.4, -0.2) is 17.9 Å². The summed E-state index contributed by atoms with van der Waals surface area (Å²) in [6.45, 7) is 0. The van der Waals surface area contributed by atoms with Crippen molar-refractivity contribution in [2.75, 3.05) is 0 Å². The van der Waals surface area contributed by atoms with Gasteiger partial charge in [-0.15, -0.1) is 0 Å². The summed E-state index contributed by atoms with van der Waals surface area (Å²) < 4.78 is 81.0. The Morgan fingerprint density at radius 1 is 1.00 bits per heavy atom. The highest BCUT2D eigenvalue weighted by atomic mass is 31.2. The molecule has 0 rings (SSSR count). The summed E-state index contributed by atoms with van der Waals surface area (Å²) in [7, 11) is -6.12. The zero-order valence-corrected chi connectivity index (χ0v) is 8.73. The molecule has 0 N–H and O–H groups in total. The number of carbonyl (C=O) groups is 1. The molecule has 0 fully saturated rings. The molecule has 0 saturated carbocycles. The van der Waals surface area contributed by atoms with Gasteiger partial charge in [-0.3, -0.25) is 4.79 Å². The van der Waals surface area contributed by atoms with Crippen LogP contribution in [0.2, 0.25) is 0 Å². The van der Waals surface area contributed by atoms with Crippen molar-refractivity contribution in [3.8, 4) is 0 Å². The van der Waals surface area contributed by atoms with E-state index in [-0.39, 0.29) is 0 Å². The lowest BCUT2D eigenvalue weighted by molar-refractivity contribution is -0.311. The molecule has 0 atom stereocenters. The standard InChI is InChI=1S/C6H7F6O4P/c7-5(8,9)1-3(2-6(10,11)12)4(13)17(14,15)16/h3H,1-2H2,(H2,14,15,16)/p-2. The third-order valence-corrected chi connectivity index (χ3v) is 2.48. The Hall–Kier alpha value is -0.600. The van der Waals surface area contributed by atoms with E-state index in [1.165, 1.54) is 0 Å². The molecule has 102 valence electrons. The lowest BCUT2D eigenvalue weighted by atomic mass is 10.0. The molecule has 0 aliphatic heterocycles. The first-order valence-corrected chi connectivity index (χ1v) is 5.46. The van der Waals surface area contributed by atoms with Gasteiger partial charge in [-0.25, -0.2) is 0 Å². The summed E-state index contributed by atoms with van der Waals surface area (Å²) in [5.74, 6) is -2.95. The molecule has 0 aromatic heterocycles. The van der Waals surface area contributed by atoms with Crippen LogP contribution in [0.3, 0.4) is 0 Å². The molecule has 0 heterocycles. The first kappa shape index (κ1) is 16.4. The first-order valence-electron chi connectivity index (χ1n) is 3.92. The maximum atomic E-state index is 11.8. The van der Waals surface area contributed by atoms with Crippen LogP contribution in [0.25, 0.3) is 0 Å². The maximum Gasteiger partial charge on any atom is 0.389 e. The van der Waals surface area contributed by atoms with Crippen molar-refractivity contribution in [3.05, 3.63) is 0 Å². The Morgan fingerprint density at radius 3 is 1.47 bits per heavy atom. The monoisotopic (exact) mass is 286 g/mol. The van der Waals surface area contributed by atoms with E-state index in [1.54, 1.807) is 0 Å². The van der Waals surface area contributed by atoms with Crippen LogP contribution in [0.5, 0.6) is 0 Å². The fourth-order valence-corrected chi connectivity index (χ4v) is 1.66. The van der Waals surface area contributed by atoms with Gasteiger partial charge in [0.15, 0.2) is 5.52 Å². The third-order valence-electron chi connectivity index (χ3n) is 1.57. The Balaban J connectivity index is 5.00. The van der Waals surface area contributed by atoms with Crippen LogP contribution in [0.15, 0.2) is 0 Å². The fourth-order valence-electron chi connectivity index (χ4n) is 1.03. The Bertz CT molecular complexity index is 312. The van der Waals surface area contributed by atoms with Crippen molar-refractivity contribution in [1.29, 1.82) is 0 Å². The smallest absolute Gasteiger partial charge is 0.389 e. The molecular formula is C6H5F6O4P-2. The number of alkyl halides is 6. The SMILES string of the molecule is O=C(C(CC(F)(F)F)CC(F)(F)F)P(=O)([O-])[O-]. The van der Waals surface area contributed by atoms with E-state index >= 15 is 0 Å². The highest BCUT2D eigenvalue weighted by Gasteiger charge is 2.42. The normalized spacial score (nSPS) is 14.2. The molecule has 17 heavy (non-hydrogen) atoms. The van der Waals surface area contributed by atoms with Gasteiger partial charge in [0.1, 0.15) is 0 Å². The third kappa shape index (κ3) is 7.35. The predicted molar refractivity (Wildman–Crippen MR) is 37.4 cm³/mol. The van der Waals surface area contributed by atoms with Crippen molar-refractivity contribution in [3.63, 3.8) is 0 Å². The topological polar surface area (TPSA) is 80.3 Å². The van der Waals surface area contributed by atoms with Crippen molar-refractivity contribution in [1.82, 2.24) is 0 Å². The molecule has 0 unspecified atom stereocenters. The Labute approximate surface area is 90.8 Å². The molecule has 11 heteroatoms. The van der Waals surface area contributed by atoms with Gasteiger partial charge in [0.2, 0.25) is 0 Å². The largest absolute Gasteiger partial charge is 0.805 e. The second-order valence-corrected chi connectivity index (χ2v) is 4.61. The summed E-state index contributed by atoms with van der Waals surface area (Å²) >= 11 is 0. The average molecular weight is 286 g/mol. The van der Waals surface area contributed by atoms with Crippen molar-refractivity contribution >= 4 is 13.1 Å². The molecule has 0 aliphatic rings. The van der Waals surface area contributed by atoms with Crippen molar-refractivity contribution < 1.29 is 45.5 Å². The number of hydrogen-bond acceptors (Lipinski definition) is 4. The fraction of sp³-hybridized carbons (Fsp3) is 0.833. The zero-order valence-electron chi connectivity index (χ0n) is 7.84. The zero-order chi connectivity index (χ0) is 14.1. The minimum absolute atomic E-state index is 2.31. The highest BCUT2D eigenvalue weighted by Crippen LogP contribution is 2.40. The summed E-state index contributed by atoms with van der Waals surface area (Å²) in [6, 6.07) is 0. The van der Waals surface area contributed by atoms with E-state index in [0.717, 1.165) is 0 Å². The molecular weight excluding hydrogens is 281 g/mol.